The van der Waals surface area contributed by atoms with E-state index < -0.39 is 0 Å². The predicted octanol–water partition coefficient (Wildman–Crippen LogP) is 3.80. The minimum Gasteiger partial charge on any atom is -0.311 e. The normalized spacial score (nSPS) is 13.3. The highest BCUT2D eigenvalue weighted by molar-refractivity contribution is 7.16. The number of nitriles is 1. The van der Waals surface area contributed by atoms with Gasteiger partial charge in [-0.3, -0.25) is 9.78 Å². The van der Waals surface area contributed by atoms with Crippen LogP contribution in [0, 0.1) is 11.3 Å². The molecule has 1 aliphatic rings. The molecule has 106 valence electrons. The molecule has 0 aromatic carbocycles. The van der Waals surface area contributed by atoms with Crippen LogP contribution >= 0.6 is 22.9 Å². The number of nitrogens with one attached hydrogen (secondary N) is 1. The average Bonchev–Trinajstić information content (AvgIpc) is 2.84. The third-order valence-electron chi connectivity index (χ3n) is 3.46. The second-order valence-corrected chi connectivity index (χ2v) is 6.38. The van der Waals surface area contributed by atoms with E-state index in [0.717, 1.165) is 31.2 Å². The molecule has 2 aromatic rings. The number of nitrogens with zero attached hydrogens (tertiary/aromatic N) is 2. The molecule has 1 amide bonds. The van der Waals surface area contributed by atoms with Gasteiger partial charge in [-0.1, -0.05) is 11.6 Å². The molecule has 0 fully saturated rings. The number of thiophene rings is 1. The maximum absolute atomic E-state index is 12.2. The molecule has 21 heavy (non-hydrogen) atoms. The zero-order valence-electron chi connectivity index (χ0n) is 11.1. The van der Waals surface area contributed by atoms with Crippen LogP contribution in [0.3, 0.4) is 0 Å². The molecule has 0 saturated carbocycles. The van der Waals surface area contributed by atoms with Crippen LogP contribution in [0.1, 0.15) is 39.3 Å². The Hall–Kier alpha value is -1.90. The van der Waals surface area contributed by atoms with Gasteiger partial charge >= 0.3 is 0 Å². The maximum Gasteiger partial charge on any atom is 0.274 e. The van der Waals surface area contributed by atoms with Gasteiger partial charge in [0, 0.05) is 16.1 Å². The molecule has 0 saturated heterocycles. The molecule has 2 aromatic heterocycles. The van der Waals surface area contributed by atoms with Gasteiger partial charge in [-0.05, 0) is 43.4 Å². The van der Waals surface area contributed by atoms with Crippen LogP contribution in [0.25, 0.3) is 0 Å². The van der Waals surface area contributed by atoms with Gasteiger partial charge in [-0.25, -0.2) is 0 Å². The minimum absolute atomic E-state index is 0.248. The van der Waals surface area contributed by atoms with E-state index in [2.05, 4.69) is 16.4 Å². The van der Waals surface area contributed by atoms with Crippen LogP contribution in [0.5, 0.6) is 0 Å². The Labute approximate surface area is 131 Å². The Bertz CT molecular complexity index is 748. The lowest BCUT2D eigenvalue weighted by Gasteiger charge is -2.09. The van der Waals surface area contributed by atoms with Gasteiger partial charge in [0.25, 0.3) is 5.91 Å². The third-order valence-corrected chi connectivity index (χ3v) is 4.91. The molecule has 0 bridgehead atoms. The molecule has 0 atom stereocenters. The number of rotatable bonds is 2. The highest BCUT2D eigenvalue weighted by Gasteiger charge is 2.22. The van der Waals surface area contributed by atoms with Gasteiger partial charge < -0.3 is 5.32 Å². The van der Waals surface area contributed by atoms with Crippen LogP contribution in [-0.2, 0) is 12.8 Å². The van der Waals surface area contributed by atoms with Crippen molar-refractivity contribution in [2.75, 3.05) is 5.32 Å². The third kappa shape index (κ3) is 2.78. The Morgan fingerprint density at radius 1 is 1.43 bits per heavy atom. The zero-order valence-corrected chi connectivity index (χ0v) is 12.7. The number of carbonyl (C=O) groups excluding carboxylic acids is 1. The van der Waals surface area contributed by atoms with E-state index in [-0.39, 0.29) is 11.6 Å². The predicted molar refractivity (Wildman–Crippen MR) is 82.9 cm³/mol. The van der Waals surface area contributed by atoms with Crippen LogP contribution < -0.4 is 5.32 Å². The molecule has 1 aliphatic carbocycles. The summed E-state index contributed by atoms with van der Waals surface area (Å²) in [5, 5.41) is 13.2. The van der Waals surface area contributed by atoms with E-state index in [9.17, 15) is 10.1 Å². The first-order valence-electron chi connectivity index (χ1n) is 6.66. The van der Waals surface area contributed by atoms with Crippen molar-refractivity contribution in [1.82, 2.24) is 4.98 Å². The number of amides is 1. The second-order valence-electron chi connectivity index (χ2n) is 4.84. The highest BCUT2D eigenvalue weighted by Crippen LogP contribution is 2.37. The van der Waals surface area contributed by atoms with Crippen LogP contribution in [0.2, 0.25) is 5.02 Å². The van der Waals surface area contributed by atoms with Crippen LogP contribution in [0.4, 0.5) is 5.00 Å². The monoisotopic (exact) mass is 317 g/mol. The van der Waals surface area contributed by atoms with Crippen molar-refractivity contribution in [3.8, 4) is 6.07 Å². The van der Waals surface area contributed by atoms with Crippen molar-refractivity contribution < 1.29 is 4.79 Å². The van der Waals surface area contributed by atoms with Gasteiger partial charge in [0.1, 0.15) is 16.8 Å². The number of hydrogen-bond donors (Lipinski definition) is 1. The molecule has 0 spiro atoms. The van der Waals surface area contributed by atoms with Crippen molar-refractivity contribution in [2.24, 2.45) is 0 Å². The molecule has 4 nitrogen and oxygen atoms in total. The molecule has 6 heteroatoms. The topological polar surface area (TPSA) is 65.8 Å². The Kier molecular flexibility index (Phi) is 3.91. The summed E-state index contributed by atoms with van der Waals surface area (Å²) in [6.07, 6.45) is 5.63. The summed E-state index contributed by atoms with van der Waals surface area (Å²) in [6.45, 7) is 0. The van der Waals surface area contributed by atoms with E-state index in [1.54, 1.807) is 6.07 Å². The molecule has 0 aliphatic heterocycles. The molecule has 0 radical (unpaired) electrons. The lowest BCUT2D eigenvalue weighted by Crippen LogP contribution is -2.13. The van der Waals surface area contributed by atoms with Crippen molar-refractivity contribution in [3.05, 3.63) is 45.1 Å². The quantitative estimate of drug-likeness (QED) is 0.916. The van der Waals surface area contributed by atoms with Crippen molar-refractivity contribution >= 4 is 33.8 Å². The van der Waals surface area contributed by atoms with Crippen LogP contribution in [-0.4, -0.2) is 10.9 Å². The summed E-state index contributed by atoms with van der Waals surface area (Å²) in [6, 6.07) is 5.35. The number of fused-ring (bicyclic) bond motifs is 1. The molecular formula is C15H12ClN3OS. The fourth-order valence-corrected chi connectivity index (χ4v) is 3.86. The number of halogens is 1. The first-order chi connectivity index (χ1) is 10.2. The molecular weight excluding hydrogens is 306 g/mol. The van der Waals surface area contributed by atoms with Gasteiger partial charge in [0.2, 0.25) is 0 Å². The van der Waals surface area contributed by atoms with Gasteiger partial charge in [0.15, 0.2) is 0 Å². The summed E-state index contributed by atoms with van der Waals surface area (Å²) in [7, 11) is 0. The fraction of sp³-hybridized carbons (Fsp3) is 0.267. The van der Waals surface area contributed by atoms with Crippen LogP contribution in [0.15, 0.2) is 18.3 Å². The smallest absolute Gasteiger partial charge is 0.274 e. The van der Waals surface area contributed by atoms with E-state index in [1.807, 2.05) is 0 Å². The largest absolute Gasteiger partial charge is 0.311 e. The van der Waals surface area contributed by atoms with Gasteiger partial charge in [-0.2, -0.15) is 5.26 Å². The van der Waals surface area contributed by atoms with Crippen molar-refractivity contribution in [3.63, 3.8) is 0 Å². The molecule has 3 rings (SSSR count). The van der Waals surface area contributed by atoms with Gasteiger partial charge in [0.05, 0.1) is 5.56 Å². The lowest BCUT2D eigenvalue weighted by atomic mass is 9.96. The SMILES string of the molecule is N#Cc1c(NC(=O)c2cc(Cl)ccn2)sc2c1CCCC2. The number of pyridine rings is 1. The van der Waals surface area contributed by atoms with E-state index in [0.29, 0.717) is 15.6 Å². The fourth-order valence-electron chi connectivity index (χ4n) is 2.47. The Balaban J connectivity index is 1.90. The Morgan fingerprint density at radius 2 is 2.24 bits per heavy atom. The van der Waals surface area contributed by atoms with E-state index in [1.165, 1.54) is 28.5 Å². The standard InChI is InChI=1S/C15H12ClN3OS/c16-9-5-6-18-12(7-9)14(20)19-15-11(8-17)10-3-1-2-4-13(10)21-15/h5-7H,1-4H2,(H,19,20). The number of hydrogen-bond acceptors (Lipinski definition) is 4. The number of carbonyl (C=O) groups is 1. The highest BCUT2D eigenvalue weighted by atomic mass is 35.5. The number of anilines is 1. The van der Waals surface area contributed by atoms with Crippen molar-refractivity contribution in [2.45, 2.75) is 25.7 Å². The average molecular weight is 318 g/mol. The van der Waals surface area contributed by atoms with Crippen molar-refractivity contribution in [1.29, 1.82) is 5.26 Å². The first kappa shape index (κ1) is 14.1. The molecule has 1 N–H and O–H groups in total. The first-order valence-corrected chi connectivity index (χ1v) is 7.86. The van der Waals surface area contributed by atoms with Gasteiger partial charge in [-0.15, -0.1) is 11.3 Å². The van der Waals surface area contributed by atoms with E-state index in [4.69, 9.17) is 11.6 Å². The summed E-state index contributed by atoms with van der Waals surface area (Å²) < 4.78 is 0. The summed E-state index contributed by atoms with van der Waals surface area (Å²) >= 11 is 7.36. The van der Waals surface area contributed by atoms with E-state index >= 15 is 0 Å². The summed E-state index contributed by atoms with van der Waals surface area (Å²) in [5.41, 5.74) is 1.95. The second kappa shape index (κ2) is 5.84. The lowest BCUT2D eigenvalue weighted by molar-refractivity contribution is 0.102. The summed E-state index contributed by atoms with van der Waals surface area (Å²) in [5.74, 6) is -0.340. The maximum atomic E-state index is 12.2. The minimum atomic E-state index is -0.340. The number of aromatic nitrogens is 1. The zero-order chi connectivity index (χ0) is 14.8. The molecule has 0 unspecified atom stereocenters. The molecule has 2 heterocycles. The summed E-state index contributed by atoms with van der Waals surface area (Å²) in [4.78, 5) is 17.4. The Morgan fingerprint density at radius 3 is 3.00 bits per heavy atom. The number of aryl methyl sites for hydroxylation is 1.